The summed E-state index contributed by atoms with van der Waals surface area (Å²) in [6.07, 6.45) is 2.40. The monoisotopic (exact) mass is 350 g/mol. The van der Waals surface area contributed by atoms with Crippen LogP contribution in [0, 0.1) is 0 Å². The quantitative estimate of drug-likeness (QED) is 0.864. The zero-order valence-corrected chi connectivity index (χ0v) is 13.3. The van der Waals surface area contributed by atoms with Gasteiger partial charge in [0.2, 0.25) is 5.91 Å². The van der Waals surface area contributed by atoms with E-state index >= 15 is 0 Å². The first-order valence-electron chi connectivity index (χ1n) is 6.55. The highest BCUT2D eigenvalue weighted by Crippen LogP contribution is 2.30. The number of carbonyl (C=O) groups excluding carboxylic acids is 1. The molecule has 20 heavy (non-hydrogen) atoms. The molecule has 1 unspecified atom stereocenters. The first-order valence-corrected chi connectivity index (χ1v) is 8.23. The standard InChI is InChI=1S/C15H15BrN2OS/c16-13-7-11(8-20-13)15(17)10-4-5-12-9(6-10)2-1-3-14(19)18-12/h4-8,15H,1-3,17H2,(H,18,19). The number of fused-ring (bicyclic) bond motifs is 1. The van der Waals surface area contributed by atoms with Crippen molar-refractivity contribution in [2.24, 2.45) is 5.73 Å². The van der Waals surface area contributed by atoms with Gasteiger partial charge in [-0.2, -0.15) is 0 Å². The Morgan fingerprint density at radius 1 is 1.25 bits per heavy atom. The van der Waals surface area contributed by atoms with Crippen molar-refractivity contribution in [1.82, 2.24) is 0 Å². The molecule has 2 heterocycles. The van der Waals surface area contributed by atoms with Gasteiger partial charge in [0.05, 0.1) is 9.83 Å². The minimum atomic E-state index is -0.123. The maximum Gasteiger partial charge on any atom is 0.224 e. The number of thiophene rings is 1. The molecule has 5 heteroatoms. The van der Waals surface area contributed by atoms with Gasteiger partial charge in [0.15, 0.2) is 0 Å². The van der Waals surface area contributed by atoms with Crippen molar-refractivity contribution in [3.05, 3.63) is 50.1 Å². The second-order valence-electron chi connectivity index (χ2n) is 4.98. The normalized spacial score (nSPS) is 16.2. The molecule has 1 aliphatic heterocycles. The van der Waals surface area contributed by atoms with E-state index in [-0.39, 0.29) is 11.9 Å². The smallest absolute Gasteiger partial charge is 0.224 e. The molecule has 0 aliphatic carbocycles. The van der Waals surface area contributed by atoms with Gasteiger partial charge in [-0.05, 0) is 63.0 Å². The number of rotatable bonds is 2. The highest BCUT2D eigenvalue weighted by molar-refractivity contribution is 9.11. The van der Waals surface area contributed by atoms with Crippen molar-refractivity contribution in [2.45, 2.75) is 25.3 Å². The van der Waals surface area contributed by atoms with Crippen LogP contribution in [-0.2, 0) is 11.2 Å². The fourth-order valence-corrected chi connectivity index (χ4v) is 3.68. The Morgan fingerprint density at radius 3 is 2.85 bits per heavy atom. The maximum atomic E-state index is 11.5. The van der Waals surface area contributed by atoms with Crippen LogP contribution < -0.4 is 11.1 Å². The van der Waals surface area contributed by atoms with E-state index in [0.717, 1.165) is 33.4 Å². The molecule has 0 bridgehead atoms. The highest BCUT2D eigenvalue weighted by Gasteiger charge is 2.16. The molecule has 3 N–H and O–H groups in total. The van der Waals surface area contributed by atoms with Gasteiger partial charge in [0.1, 0.15) is 0 Å². The predicted octanol–water partition coefficient (Wildman–Crippen LogP) is 3.83. The van der Waals surface area contributed by atoms with Crippen molar-refractivity contribution in [2.75, 3.05) is 5.32 Å². The second kappa shape index (κ2) is 5.68. The number of nitrogens with two attached hydrogens (primary N) is 1. The SMILES string of the molecule is NC(c1csc(Br)c1)c1ccc2c(c1)CCCC(=O)N2. The summed E-state index contributed by atoms with van der Waals surface area (Å²) < 4.78 is 1.09. The average molecular weight is 351 g/mol. The molecule has 1 amide bonds. The summed E-state index contributed by atoms with van der Waals surface area (Å²) in [4.78, 5) is 11.5. The van der Waals surface area contributed by atoms with E-state index in [1.807, 2.05) is 12.1 Å². The van der Waals surface area contributed by atoms with Crippen LogP contribution in [0.25, 0.3) is 0 Å². The summed E-state index contributed by atoms with van der Waals surface area (Å²) in [6, 6.07) is 8.03. The van der Waals surface area contributed by atoms with Crippen molar-refractivity contribution >= 4 is 38.9 Å². The third-order valence-corrected chi connectivity index (χ3v) is 5.08. The Bertz CT molecular complexity index is 653. The summed E-state index contributed by atoms with van der Waals surface area (Å²) in [5, 5.41) is 5.02. The number of benzene rings is 1. The molecular formula is C15H15BrN2OS. The Labute approximate surface area is 130 Å². The van der Waals surface area contributed by atoms with E-state index in [1.54, 1.807) is 11.3 Å². The molecule has 1 atom stereocenters. The van der Waals surface area contributed by atoms with Crippen LogP contribution in [0.4, 0.5) is 5.69 Å². The Morgan fingerprint density at radius 2 is 2.10 bits per heavy atom. The summed E-state index contributed by atoms with van der Waals surface area (Å²) in [5.74, 6) is 0.0996. The van der Waals surface area contributed by atoms with Gasteiger partial charge in [-0.15, -0.1) is 11.3 Å². The molecule has 1 aromatic carbocycles. The Balaban J connectivity index is 1.92. The van der Waals surface area contributed by atoms with E-state index in [4.69, 9.17) is 5.73 Å². The predicted molar refractivity (Wildman–Crippen MR) is 86.1 cm³/mol. The molecule has 0 saturated heterocycles. The summed E-state index contributed by atoms with van der Waals surface area (Å²) in [7, 11) is 0. The van der Waals surface area contributed by atoms with Crippen molar-refractivity contribution in [3.63, 3.8) is 0 Å². The number of carbonyl (C=O) groups is 1. The average Bonchev–Trinajstić information content (AvgIpc) is 2.77. The molecule has 0 fully saturated rings. The third-order valence-electron chi connectivity index (χ3n) is 3.56. The summed E-state index contributed by atoms with van der Waals surface area (Å²) in [6.45, 7) is 0. The van der Waals surface area contributed by atoms with E-state index in [1.165, 1.54) is 5.56 Å². The van der Waals surface area contributed by atoms with Gasteiger partial charge in [0.25, 0.3) is 0 Å². The zero-order chi connectivity index (χ0) is 14.1. The van der Waals surface area contributed by atoms with Gasteiger partial charge in [-0.1, -0.05) is 12.1 Å². The first kappa shape index (κ1) is 13.8. The van der Waals surface area contributed by atoms with E-state index in [0.29, 0.717) is 6.42 Å². The van der Waals surface area contributed by atoms with Crippen LogP contribution in [0.2, 0.25) is 0 Å². The minimum Gasteiger partial charge on any atom is -0.326 e. The van der Waals surface area contributed by atoms with E-state index in [2.05, 4.69) is 38.8 Å². The number of halogens is 1. The van der Waals surface area contributed by atoms with Crippen molar-refractivity contribution < 1.29 is 4.79 Å². The molecule has 1 aliphatic rings. The third kappa shape index (κ3) is 2.80. The van der Waals surface area contributed by atoms with Gasteiger partial charge < -0.3 is 11.1 Å². The summed E-state index contributed by atoms with van der Waals surface area (Å²) in [5.41, 5.74) is 10.6. The molecule has 3 nitrogen and oxygen atoms in total. The van der Waals surface area contributed by atoms with Crippen LogP contribution in [-0.4, -0.2) is 5.91 Å². The number of amides is 1. The highest BCUT2D eigenvalue weighted by atomic mass is 79.9. The molecule has 104 valence electrons. The molecular weight excluding hydrogens is 336 g/mol. The van der Waals surface area contributed by atoms with Crippen LogP contribution in [0.15, 0.2) is 33.4 Å². The topological polar surface area (TPSA) is 55.1 Å². The number of hydrogen-bond donors (Lipinski definition) is 2. The van der Waals surface area contributed by atoms with Crippen LogP contribution in [0.1, 0.15) is 35.6 Å². The molecule has 2 aromatic rings. The molecule has 0 radical (unpaired) electrons. The van der Waals surface area contributed by atoms with Crippen molar-refractivity contribution in [1.29, 1.82) is 0 Å². The first-order chi connectivity index (χ1) is 9.63. The van der Waals surface area contributed by atoms with Gasteiger partial charge in [-0.25, -0.2) is 0 Å². The van der Waals surface area contributed by atoms with Crippen molar-refractivity contribution in [3.8, 4) is 0 Å². The van der Waals surface area contributed by atoms with E-state index in [9.17, 15) is 4.79 Å². The van der Waals surface area contributed by atoms with E-state index < -0.39 is 0 Å². The van der Waals surface area contributed by atoms with Gasteiger partial charge >= 0.3 is 0 Å². The van der Waals surface area contributed by atoms with Gasteiger partial charge in [-0.3, -0.25) is 4.79 Å². The maximum absolute atomic E-state index is 11.5. The molecule has 0 saturated carbocycles. The second-order valence-corrected chi connectivity index (χ2v) is 7.27. The lowest BCUT2D eigenvalue weighted by molar-refractivity contribution is -0.116. The zero-order valence-electron chi connectivity index (χ0n) is 10.9. The number of nitrogens with one attached hydrogen (secondary N) is 1. The molecule has 0 spiro atoms. The number of hydrogen-bond acceptors (Lipinski definition) is 3. The van der Waals surface area contributed by atoms with Gasteiger partial charge in [0, 0.05) is 12.1 Å². The lowest BCUT2D eigenvalue weighted by atomic mass is 9.97. The lowest BCUT2D eigenvalue weighted by Gasteiger charge is -2.14. The van der Waals surface area contributed by atoms with Crippen LogP contribution >= 0.6 is 27.3 Å². The largest absolute Gasteiger partial charge is 0.326 e. The lowest BCUT2D eigenvalue weighted by Crippen LogP contribution is -2.12. The van der Waals surface area contributed by atoms with Crippen LogP contribution in [0.3, 0.4) is 0 Å². The summed E-state index contributed by atoms with van der Waals surface area (Å²) >= 11 is 5.10. The number of anilines is 1. The molecule has 3 rings (SSSR count). The Kier molecular flexibility index (Phi) is 3.92. The number of aryl methyl sites for hydroxylation is 1. The fraction of sp³-hybridized carbons (Fsp3) is 0.267. The fourth-order valence-electron chi connectivity index (χ4n) is 2.47. The van der Waals surface area contributed by atoms with Crippen LogP contribution in [0.5, 0.6) is 0 Å². The molecule has 1 aromatic heterocycles. The minimum absolute atomic E-state index is 0.0996. The Hall–Kier alpha value is -1.17.